The highest BCUT2D eigenvalue weighted by Gasteiger charge is 2.13. The summed E-state index contributed by atoms with van der Waals surface area (Å²) >= 11 is 0. The Balaban J connectivity index is 1.59. The van der Waals surface area contributed by atoms with Crippen molar-refractivity contribution in [3.63, 3.8) is 0 Å². The van der Waals surface area contributed by atoms with Crippen LogP contribution in [-0.2, 0) is 19.6 Å². The van der Waals surface area contributed by atoms with Crippen LogP contribution in [0.15, 0.2) is 89.9 Å². The summed E-state index contributed by atoms with van der Waals surface area (Å²) in [4.78, 5) is 6.60. The van der Waals surface area contributed by atoms with Gasteiger partial charge < -0.3 is 13.7 Å². The standard InChI is InChI=1S/C23H23N3O2/c1-27-22-9-2-7-20(14-22)26-12-4-8-21(26)17-25(18-23-10-5-13-28-23)16-19-6-3-11-24-15-19/h2-15H,16-18H2,1H3. The molecule has 142 valence electrons. The van der Waals surface area contributed by atoms with Crippen molar-refractivity contribution in [3.8, 4) is 11.4 Å². The van der Waals surface area contributed by atoms with E-state index in [-0.39, 0.29) is 0 Å². The Bertz CT molecular complexity index is 994. The SMILES string of the molecule is COc1cccc(-n2cccc2CN(Cc2cccnc2)Cc2ccco2)c1. The average molecular weight is 373 g/mol. The topological polar surface area (TPSA) is 43.4 Å². The molecule has 4 aromatic rings. The van der Waals surface area contributed by atoms with E-state index in [0.717, 1.165) is 36.8 Å². The Kier molecular flexibility index (Phi) is 5.54. The molecule has 0 amide bonds. The van der Waals surface area contributed by atoms with Crippen LogP contribution in [0.3, 0.4) is 0 Å². The number of furan rings is 1. The van der Waals surface area contributed by atoms with Gasteiger partial charge in [0.1, 0.15) is 11.5 Å². The molecule has 0 unspecified atom stereocenters. The maximum Gasteiger partial charge on any atom is 0.120 e. The second-order valence-corrected chi connectivity index (χ2v) is 6.66. The lowest BCUT2D eigenvalue weighted by Crippen LogP contribution is -2.23. The van der Waals surface area contributed by atoms with Crippen molar-refractivity contribution in [3.05, 3.63) is 103 Å². The van der Waals surface area contributed by atoms with E-state index in [1.165, 1.54) is 11.3 Å². The van der Waals surface area contributed by atoms with Gasteiger partial charge in [0.15, 0.2) is 0 Å². The molecule has 0 spiro atoms. The number of aromatic nitrogens is 2. The first-order valence-electron chi connectivity index (χ1n) is 9.26. The van der Waals surface area contributed by atoms with Gasteiger partial charge >= 0.3 is 0 Å². The van der Waals surface area contributed by atoms with E-state index in [2.05, 4.69) is 44.9 Å². The molecule has 0 saturated carbocycles. The second kappa shape index (κ2) is 8.59. The minimum absolute atomic E-state index is 0.727. The van der Waals surface area contributed by atoms with E-state index in [1.54, 1.807) is 19.6 Å². The van der Waals surface area contributed by atoms with E-state index in [0.29, 0.717) is 0 Å². The monoisotopic (exact) mass is 373 g/mol. The minimum atomic E-state index is 0.727. The number of ether oxygens (including phenoxy) is 1. The van der Waals surface area contributed by atoms with Gasteiger partial charge in [-0.2, -0.15) is 0 Å². The summed E-state index contributed by atoms with van der Waals surface area (Å²) in [6, 6.07) is 20.3. The normalized spacial score (nSPS) is 11.1. The molecule has 0 aliphatic carbocycles. The zero-order chi connectivity index (χ0) is 19.2. The van der Waals surface area contributed by atoms with Crippen molar-refractivity contribution in [2.45, 2.75) is 19.6 Å². The Morgan fingerprint density at radius 2 is 1.96 bits per heavy atom. The van der Waals surface area contributed by atoms with E-state index in [9.17, 15) is 0 Å². The molecule has 3 heterocycles. The molecule has 1 aromatic carbocycles. The molecule has 28 heavy (non-hydrogen) atoms. The lowest BCUT2D eigenvalue weighted by Gasteiger charge is -2.22. The van der Waals surface area contributed by atoms with Crippen LogP contribution < -0.4 is 4.74 Å². The summed E-state index contributed by atoms with van der Waals surface area (Å²) in [6.45, 7) is 2.29. The highest BCUT2D eigenvalue weighted by Crippen LogP contribution is 2.21. The summed E-state index contributed by atoms with van der Waals surface area (Å²) in [5.74, 6) is 1.79. The van der Waals surface area contributed by atoms with Gasteiger partial charge in [0.2, 0.25) is 0 Å². The van der Waals surface area contributed by atoms with Crippen LogP contribution in [-0.4, -0.2) is 21.6 Å². The van der Waals surface area contributed by atoms with Gasteiger partial charge in [-0.05, 0) is 48.0 Å². The molecule has 0 bridgehead atoms. The minimum Gasteiger partial charge on any atom is -0.497 e. The molecule has 3 aromatic heterocycles. The van der Waals surface area contributed by atoms with Crippen LogP contribution in [0.5, 0.6) is 5.75 Å². The van der Waals surface area contributed by atoms with Crippen molar-refractivity contribution in [1.29, 1.82) is 0 Å². The summed E-state index contributed by atoms with van der Waals surface area (Å²) in [5, 5.41) is 0. The molecule has 0 aliphatic rings. The lowest BCUT2D eigenvalue weighted by molar-refractivity contribution is 0.223. The molecule has 5 heteroatoms. The van der Waals surface area contributed by atoms with E-state index in [4.69, 9.17) is 9.15 Å². The largest absolute Gasteiger partial charge is 0.497 e. The molecular formula is C23H23N3O2. The first-order chi connectivity index (χ1) is 13.8. The average Bonchev–Trinajstić information content (AvgIpc) is 3.41. The van der Waals surface area contributed by atoms with Gasteiger partial charge in [-0.1, -0.05) is 12.1 Å². The van der Waals surface area contributed by atoms with Gasteiger partial charge in [0.25, 0.3) is 0 Å². The van der Waals surface area contributed by atoms with Gasteiger partial charge in [0, 0.05) is 49.1 Å². The maximum atomic E-state index is 5.59. The van der Waals surface area contributed by atoms with Crippen molar-refractivity contribution in [2.75, 3.05) is 7.11 Å². The van der Waals surface area contributed by atoms with E-state index >= 15 is 0 Å². The zero-order valence-corrected chi connectivity index (χ0v) is 15.9. The maximum absolute atomic E-state index is 5.59. The third-order valence-electron chi connectivity index (χ3n) is 4.64. The van der Waals surface area contributed by atoms with E-state index < -0.39 is 0 Å². The Morgan fingerprint density at radius 1 is 1.00 bits per heavy atom. The van der Waals surface area contributed by atoms with Gasteiger partial charge in [-0.15, -0.1) is 0 Å². The molecule has 0 aliphatic heterocycles. The summed E-state index contributed by atoms with van der Waals surface area (Å²) in [6.07, 6.45) is 7.51. The van der Waals surface area contributed by atoms with Crippen molar-refractivity contribution in [2.24, 2.45) is 0 Å². The molecule has 0 fully saturated rings. The summed E-state index contributed by atoms with van der Waals surface area (Å²) < 4.78 is 13.2. The predicted molar refractivity (Wildman–Crippen MR) is 108 cm³/mol. The van der Waals surface area contributed by atoms with E-state index in [1.807, 2.05) is 42.6 Å². The van der Waals surface area contributed by atoms with Crippen LogP contribution in [0, 0.1) is 0 Å². The summed E-state index contributed by atoms with van der Waals surface area (Å²) in [7, 11) is 1.69. The third-order valence-corrected chi connectivity index (χ3v) is 4.64. The molecule has 0 radical (unpaired) electrons. The van der Waals surface area contributed by atoms with Crippen molar-refractivity contribution < 1.29 is 9.15 Å². The fourth-order valence-electron chi connectivity index (χ4n) is 3.33. The Hall–Kier alpha value is -3.31. The number of benzene rings is 1. The van der Waals surface area contributed by atoms with Crippen LogP contribution in [0.4, 0.5) is 0 Å². The molecular weight excluding hydrogens is 350 g/mol. The van der Waals surface area contributed by atoms with Crippen molar-refractivity contribution >= 4 is 0 Å². The zero-order valence-electron chi connectivity index (χ0n) is 15.9. The van der Waals surface area contributed by atoms with Crippen LogP contribution in [0.1, 0.15) is 17.0 Å². The number of hydrogen-bond acceptors (Lipinski definition) is 4. The highest BCUT2D eigenvalue weighted by molar-refractivity contribution is 5.41. The van der Waals surface area contributed by atoms with Gasteiger partial charge in [-0.3, -0.25) is 9.88 Å². The number of nitrogens with zero attached hydrogens (tertiary/aromatic N) is 3. The first-order valence-corrected chi connectivity index (χ1v) is 9.26. The fourth-order valence-corrected chi connectivity index (χ4v) is 3.33. The molecule has 0 atom stereocenters. The van der Waals surface area contributed by atoms with Gasteiger partial charge in [0.05, 0.1) is 19.9 Å². The first kappa shape index (κ1) is 18.1. The number of rotatable bonds is 8. The third kappa shape index (κ3) is 4.32. The molecule has 5 nitrogen and oxygen atoms in total. The Morgan fingerprint density at radius 3 is 2.75 bits per heavy atom. The summed E-state index contributed by atoms with van der Waals surface area (Å²) in [5.41, 5.74) is 3.45. The van der Waals surface area contributed by atoms with Gasteiger partial charge in [-0.25, -0.2) is 0 Å². The molecule has 0 saturated heterocycles. The number of hydrogen-bond donors (Lipinski definition) is 0. The quantitative estimate of drug-likeness (QED) is 0.450. The fraction of sp³-hybridized carbons (Fsp3) is 0.174. The molecule has 0 N–H and O–H groups in total. The second-order valence-electron chi connectivity index (χ2n) is 6.66. The van der Waals surface area contributed by atoms with Crippen LogP contribution >= 0.6 is 0 Å². The predicted octanol–water partition coefficient (Wildman–Crippen LogP) is 4.68. The smallest absolute Gasteiger partial charge is 0.120 e. The van der Waals surface area contributed by atoms with Crippen molar-refractivity contribution in [1.82, 2.24) is 14.5 Å². The van der Waals surface area contributed by atoms with Crippen LogP contribution in [0.2, 0.25) is 0 Å². The lowest BCUT2D eigenvalue weighted by atomic mass is 10.2. The Labute approximate surface area is 164 Å². The number of pyridine rings is 1. The number of methoxy groups -OCH3 is 1. The highest BCUT2D eigenvalue weighted by atomic mass is 16.5. The van der Waals surface area contributed by atoms with Crippen LogP contribution in [0.25, 0.3) is 5.69 Å². The molecule has 4 rings (SSSR count).